The molecule has 0 radical (unpaired) electrons. The van der Waals surface area contributed by atoms with E-state index in [2.05, 4.69) is 13.0 Å². The summed E-state index contributed by atoms with van der Waals surface area (Å²) in [6.45, 7) is 2.09. The predicted octanol–water partition coefficient (Wildman–Crippen LogP) is 3.76. The normalized spacial score (nSPS) is 15.2. The number of allylic oxidation sites excluding steroid dienone is 1. The number of ether oxygens (including phenoxy) is 1. The molecule has 0 fully saturated rings. The number of rotatable bonds is 3. The summed E-state index contributed by atoms with van der Waals surface area (Å²) in [4.78, 5) is 0. The van der Waals surface area contributed by atoms with Gasteiger partial charge < -0.3 is 9.84 Å². The van der Waals surface area contributed by atoms with Gasteiger partial charge >= 0.3 is 0 Å². The third-order valence-corrected chi connectivity index (χ3v) is 3.91. The van der Waals surface area contributed by atoms with Crippen LogP contribution in [0.2, 0.25) is 0 Å². The maximum atomic E-state index is 10.7. The zero-order valence-corrected chi connectivity index (χ0v) is 11.8. The van der Waals surface area contributed by atoms with Crippen LogP contribution in [0.3, 0.4) is 0 Å². The van der Waals surface area contributed by atoms with Crippen molar-refractivity contribution in [3.8, 4) is 5.75 Å². The third kappa shape index (κ3) is 2.12. The molecule has 0 bridgehead atoms. The highest BCUT2D eigenvalue weighted by atomic mass is 16.5. The molecule has 0 saturated carbocycles. The van der Waals surface area contributed by atoms with E-state index in [-0.39, 0.29) is 0 Å². The van der Waals surface area contributed by atoms with Gasteiger partial charge in [0.15, 0.2) is 0 Å². The number of hydrogen-bond donors (Lipinski definition) is 1. The Balaban J connectivity index is 2.01. The van der Waals surface area contributed by atoms with Crippen LogP contribution in [-0.4, -0.2) is 12.2 Å². The van der Waals surface area contributed by atoms with Gasteiger partial charge in [0.05, 0.1) is 7.11 Å². The summed E-state index contributed by atoms with van der Waals surface area (Å²) in [5, 5.41) is 10.7. The minimum absolute atomic E-state index is 0.564. The molecular formula is C18H18O2. The lowest BCUT2D eigenvalue weighted by Gasteiger charge is -2.15. The smallest absolute Gasteiger partial charge is 0.119 e. The van der Waals surface area contributed by atoms with Crippen molar-refractivity contribution in [2.24, 2.45) is 0 Å². The van der Waals surface area contributed by atoms with Crippen LogP contribution in [0.25, 0.3) is 5.57 Å². The van der Waals surface area contributed by atoms with Crippen LogP contribution in [-0.2, 0) is 6.42 Å². The van der Waals surface area contributed by atoms with Gasteiger partial charge in [-0.15, -0.1) is 0 Å². The molecular weight excluding hydrogens is 248 g/mol. The standard InChI is InChI=1S/C18H18O2/c1-12-10-14-11-15(20-2)8-9-16(14)17(12)18(19)13-6-4-3-5-7-13/h3-9,11,18-19H,10H2,1-2H3. The molecule has 2 aromatic carbocycles. The molecule has 0 saturated heterocycles. The Kier molecular flexibility index (Phi) is 3.33. The molecule has 1 unspecified atom stereocenters. The molecule has 0 amide bonds. The van der Waals surface area contributed by atoms with Gasteiger partial charge in [-0.05, 0) is 47.7 Å². The lowest BCUT2D eigenvalue weighted by atomic mass is 9.95. The summed E-state index contributed by atoms with van der Waals surface area (Å²) in [5.41, 5.74) is 5.57. The SMILES string of the molecule is COc1ccc2c(c1)CC(C)=C2C(O)c1ccccc1. The molecule has 0 aromatic heterocycles. The van der Waals surface area contributed by atoms with Crippen LogP contribution in [0.5, 0.6) is 5.75 Å². The summed E-state index contributed by atoms with van der Waals surface area (Å²) in [6, 6.07) is 15.9. The summed E-state index contributed by atoms with van der Waals surface area (Å²) in [5.74, 6) is 0.868. The molecule has 2 heteroatoms. The lowest BCUT2D eigenvalue weighted by molar-refractivity contribution is 0.238. The fourth-order valence-corrected chi connectivity index (χ4v) is 2.90. The third-order valence-electron chi connectivity index (χ3n) is 3.91. The van der Waals surface area contributed by atoms with Crippen molar-refractivity contribution in [3.63, 3.8) is 0 Å². The van der Waals surface area contributed by atoms with Crippen molar-refractivity contribution >= 4 is 5.57 Å². The molecule has 3 rings (SSSR count). The number of fused-ring (bicyclic) bond motifs is 1. The van der Waals surface area contributed by atoms with E-state index in [1.165, 1.54) is 11.1 Å². The predicted molar refractivity (Wildman–Crippen MR) is 80.7 cm³/mol. The van der Waals surface area contributed by atoms with Crippen LogP contribution in [0.1, 0.15) is 29.7 Å². The van der Waals surface area contributed by atoms with Gasteiger partial charge in [-0.3, -0.25) is 0 Å². The first-order valence-electron chi connectivity index (χ1n) is 6.80. The van der Waals surface area contributed by atoms with Crippen LogP contribution >= 0.6 is 0 Å². The Morgan fingerprint density at radius 1 is 1.10 bits per heavy atom. The van der Waals surface area contributed by atoms with Crippen molar-refractivity contribution < 1.29 is 9.84 Å². The zero-order chi connectivity index (χ0) is 14.1. The Morgan fingerprint density at radius 3 is 2.55 bits per heavy atom. The number of aliphatic hydroxyl groups is 1. The van der Waals surface area contributed by atoms with Gasteiger partial charge in [-0.1, -0.05) is 42.0 Å². The van der Waals surface area contributed by atoms with Crippen LogP contribution in [0, 0.1) is 0 Å². The van der Waals surface area contributed by atoms with E-state index in [4.69, 9.17) is 4.74 Å². The molecule has 1 N–H and O–H groups in total. The van der Waals surface area contributed by atoms with Gasteiger partial charge in [0, 0.05) is 0 Å². The lowest BCUT2D eigenvalue weighted by Crippen LogP contribution is -2.01. The van der Waals surface area contributed by atoms with Crippen molar-refractivity contribution in [1.82, 2.24) is 0 Å². The van der Waals surface area contributed by atoms with E-state index >= 15 is 0 Å². The fraction of sp³-hybridized carbons (Fsp3) is 0.222. The average Bonchev–Trinajstić information content (AvgIpc) is 2.82. The van der Waals surface area contributed by atoms with E-state index in [0.717, 1.165) is 28.9 Å². The Morgan fingerprint density at radius 2 is 1.85 bits per heavy atom. The highest BCUT2D eigenvalue weighted by Gasteiger charge is 2.25. The Labute approximate surface area is 119 Å². The molecule has 1 atom stereocenters. The minimum atomic E-state index is -0.564. The van der Waals surface area contributed by atoms with Gasteiger partial charge in [-0.2, -0.15) is 0 Å². The second kappa shape index (κ2) is 5.14. The first-order chi connectivity index (χ1) is 9.70. The molecule has 0 spiro atoms. The Bertz CT molecular complexity index is 656. The molecule has 0 aliphatic heterocycles. The minimum Gasteiger partial charge on any atom is -0.497 e. The molecule has 102 valence electrons. The topological polar surface area (TPSA) is 29.5 Å². The molecule has 2 aromatic rings. The fourth-order valence-electron chi connectivity index (χ4n) is 2.90. The van der Waals surface area contributed by atoms with E-state index in [1.807, 2.05) is 42.5 Å². The number of benzene rings is 2. The zero-order valence-electron chi connectivity index (χ0n) is 11.8. The molecule has 2 nitrogen and oxygen atoms in total. The number of hydrogen-bond acceptors (Lipinski definition) is 2. The van der Waals surface area contributed by atoms with E-state index < -0.39 is 6.10 Å². The largest absolute Gasteiger partial charge is 0.497 e. The van der Waals surface area contributed by atoms with Gasteiger partial charge in [0.1, 0.15) is 11.9 Å². The molecule has 1 aliphatic rings. The summed E-state index contributed by atoms with van der Waals surface area (Å²) >= 11 is 0. The van der Waals surface area contributed by atoms with Crippen LogP contribution in [0.4, 0.5) is 0 Å². The molecule has 1 aliphatic carbocycles. The summed E-state index contributed by atoms with van der Waals surface area (Å²) in [6.07, 6.45) is 0.317. The number of methoxy groups -OCH3 is 1. The quantitative estimate of drug-likeness (QED) is 0.916. The monoisotopic (exact) mass is 266 g/mol. The van der Waals surface area contributed by atoms with Crippen LogP contribution in [0.15, 0.2) is 54.1 Å². The van der Waals surface area contributed by atoms with Crippen molar-refractivity contribution in [2.45, 2.75) is 19.4 Å². The summed E-state index contributed by atoms with van der Waals surface area (Å²) < 4.78 is 5.27. The van der Waals surface area contributed by atoms with Crippen molar-refractivity contribution in [1.29, 1.82) is 0 Å². The van der Waals surface area contributed by atoms with E-state index in [1.54, 1.807) is 7.11 Å². The second-order valence-corrected chi connectivity index (χ2v) is 5.21. The van der Waals surface area contributed by atoms with Gasteiger partial charge in [0.2, 0.25) is 0 Å². The van der Waals surface area contributed by atoms with Gasteiger partial charge in [-0.25, -0.2) is 0 Å². The first kappa shape index (κ1) is 12.9. The second-order valence-electron chi connectivity index (χ2n) is 5.21. The van der Waals surface area contributed by atoms with Crippen LogP contribution < -0.4 is 4.74 Å². The van der Waals surface area contributed by atoms with Crippen molar-refractivity contribution in [2.75, 3.05) is 7.11 Å². The average molecular weight is 266 g/mol. The molecule has 20 heavy (non-hydrogen) atoms. The van der Waals surface area contributed by atoms with Gasteiger partial charge in [0.25, 0.3) is 0 Å². The highest BCUT2D eigenvalue weighted by Crippen LogP contribution is 2.41. The summed E-state index contributed by atoms with van der Waals surface area (Å²) in [7, 11) is 1.68. The van der Waals surface area contributed by atoms with Crippen molar-refractivity contribution in [3.05, 3.63) is 70.8 Å². The highest BCUT2D eigenvalue weighted by molar-refractivity contribution is 5.79. The Hall–Kier alpha value is -2.06. The first-order valence-corrected chi connectivity index (χ1v) is 6.80. The maximum Gasteiger partial charge on any atom is 0.119 e. The van der Waals surface area contributed by atoms with E-state index in [9.17, 15) is 5.11 Å². The number of aliphatic hydroxyl groups excluding tert-OH is 1. The maximum absolute atomic E-state index is 10.7. The molecule has 0 heterocycles. The van der Waals surface area contributed by atoms with E-state index in [0.29, 0.717) is 0 Å².